The summed E-state index contributed by atoms with van der Waals surface area (Å²) in [7, 11) is -0.300. The van der Waals surface area contributed by atoms with Gasteiger partial charge in [-0.1, -0.05) is 109 Å². The van der Waals surface area contributed by atoms with Gasteiger partial charge in [-0.15, -0.1) is 46.4 Å². The molecule has 0 amide bonds. The fourth-order valence-corrected chi connectivity index (χ4v) is 4.98. The molecule has 0 N–H and O–H groups in total. The van der Waals surface area contributed by atoms with Crippen LogP contribution < -0.4 is 17.5 Å². The molecule has 2 nitrogen and oxygen atoms in total. The van der Waals surface area contributed by atoms with Crippen molar-refractivity contribution in [2.24, 2.45) is 4.99 Å². The van der Waals surface area contributed by atoms with Crippen molar-refractivity contribution in [1.82, 2.24) is 0 Å². The van der Waals surface area contributed by atoms with E-state index >= 15 is 0 Å². The Kier molecular flexibility index (Phi) is 13.1. The van der Waals surface area contributed by atoms with Gasteiger partial charge >= 0.3 is 26.2 Å². The standard InChI is InChI=1S/C14H22O.C10H11NSi.C10H9.ClH.Zr/c1-13(2,3)10-7-8-12(15)11(9-10)14(4,5)6;1-12(2)7-9-6-8-4-3-5-10(8)11-9;1-8-6-9-4-2-3-5-10(9)7-8;;/h7-9,15H,1-6H3;3-7H,1-2H3;2-7H,1H3;1H;/q;;-1;;+3/p-2. The average molecular weight is 634 g/mol. The maximum atomic E-state index is 11.7. The average Bonchev–Trinajstić information content (AvgIpc) is 3.46. The predicted molar refractivity (Wildman–Crippen MR) is 164 cm³/mol. The van der Waals surface area contributed by atoms with Crippen molar-refractivity contribution < 1.29 is 43.7 Å². The summed E-state index contributed by atoms with van der Waals surface area (Å²) in [5.41, 5.74) is 9.35. The van der Waals surface area contributed by atoms with Gasteiger partial charge < -0.3 is 17.5 Å². The van der Waals surface area contributed by atoms with Crippen molar-refractivity contribution >= 4 is 30.6 Å². The predicted octanol–water partition coefficient (Wildman–Crippen LogP) is 5.18. The molecule has 0 atom stereocenters. The van der Waals surface area contributed by atoms with Crippen molar-refractivity contribution in [2.45, 2.75) is 72.4 Å². The Labute approximate surface area is 262 Å². The number of hydrogen-bond acceptors (Lipinski definition) is 2. The Bertz CT molecular complexity index is 1390. The van der Waals surface area contributed by atoms with Crippen LogP contribution in [0.15, 0.2) is 95.2 Å². The molecule has 0 spiro atoms. The molecular weight excluding hydrogens is 593 g/mol. The normalized spacial score (nSPS) is 13.3. The molecule has 0 unspecified atom stereocenters. The maximum absolute atomic E-state index is 11.7. The summed E-state index contributed by atoms with van der Waals surface area (Å²) in [5, 5.41) is 14.4. The second-order valence-corrected chi connectivity index (χ2v) is 14.6. The van der Waals surface area contributed by atoms with Crippen molar-refractivity contribution in [1.29, 1.82) is 0 Å². The van der Waals surface area contributed by atoms with E-state index in [9.17, 15) is 5.11 Å². The zero-order chi connectivity index (χ0) is 27.4. The van der Waals surface area contributed by atoms with E-state index in [1.807, 2.05) is 12.1 Å². The van der Waals surface area contributed by atoms with Crippen LogP contribution in [-0.4, -0.2) is 19.8 Å². The molecular formula is C34H41ClNOSiZr. The molecule has 5 rings (SSSR count). The van der Waals surface area contributed by atoms with Crippen LogP contribution in [0.1, 0.15) is 58.2 Å². The van der Waals surface area contributed by atoms with E-state index in [0.29, 0.717) is 0 Å². The van der Waals surface area contributed by atoms with Crippen LogP contribution in [0.25, 0.3) is 10.8 Å². The molecule has 5 heteroatoms. The number of nitrogens with zero attached hydrogens (tertiary/aromatic N) is 1. The monoisotopic (exact) mass is 632 g/mol. The molecule has 203 valence electrons. The van der Waals surface area contributed by atoms with Gasteiger partial charge in [-0.2, -0.15) is 6.07 Å². The first-order chi connectivity index (χ1) is 17.2. The van der Waals surface area contributed by atoms with Crippen LogP contribution in [0.2, 0.25) is 13.1 Å². The van der Waals surface area contributed by atoms with Crippen molar-refractivity contribution in [3.8, 4) is 5.75 Å². The number of hydrogen-bond donors (Lipinski definition) is 0. The molecule has 0 saturated heterocycles. The van der Waals surface area contributed by atoms with Crippen LogP contribution in [0.5, 0.6) is 5.75 Å². The van der Waals surface area contributed by atoms with Gasteiger partial charge in [-0.3, -0.25) is 0 Å². The number of aliphatic imine (C=N–C) groups is 1. The molecule has 0 fully saturated rings. The Morgan fingerprint density at radius 3 is 2.15 bits per heavy atom. The summed E-state index contributed by atoms with van der Waals surface area (Å²) in [6.07, 6.45) is 8.38. The molecule has 3 aromatic carbocycles. The first-order valence-corrected chi connectivity index (χ1v) is 15.6. The van der Waals surface area contributed by atoms with Gasteiger partial charge in [-0.25, -0.2) is 4.99 Å². The molecule has 1 aliphatic carbocycles. The number of allylic oxidation sites excluding steroid dienone is 4. The fourth-order valence-electron chi connectivity index (χ4n) is 4.24. The Morgan fingerprint density at radius 2 is 1.59 bits per heavy atom. The fraction of sp³-hybridized carbons (Fsp3) is 0.324. The smallest absolute Gasteiger partial charge is 1.00 e. The number of halogens is 1. The Hall–Kier alpha value is -2.00. The maximum Gasteiger partial charge on any atom is 3.00 e. The van der Waals surface area contributed by atoms with Crippen LogP contribution >= 0.6 is 0 Å². The van der Waals surface area contributed by atoms with Gasteiger partial charge in [0, 0.05) is 14.0 Å². The molecule has 3 aromatic rings. The third-order valence-electron chi connectivity index (χ3n) is 6.23. The van der Waals surface area contributed by atoms with Gasteiger partial charge in [-0.05, 0) is 28.5 Å². The zero-order valence-corrected chi connectivity index (χ0v) is 29.0. The van der Waals surface area contributed by atoms with E-state index < -0.39 is 0 Å². The summed E-state index contributed by atoms with van der Waals surface area (Å²) in [6.45, 7) is 19.4. The van der Waals surface area contributed by atoms with Crippen LogP contribution in [0.4, 0.5) is 0 Å². The van der Waals surface area contributed by atoms with E-state index in [-0.39, 0.29) is 63.6 Å². The summed E-state index contributed by atoms with van der Waals surface area (Å²) >= 11 is 0. The quantitative estimate of drug-likeness (QED) is 0.269. The van der Waals surface area contributed by atoms with E-state index in [0.717, 1.165) is 17.0 Å². The van der Waals surface area contributed by atoms with Gasteiger partial charge in [0.05, 0.1) is 11.4 Å². The first kappa shape index (κ1) is 35.0. The molecule has 0 aromatic heterocycles. The van der Waals surface area contributed by atoms with Crippen LogP contribution in [-0.2, 0) is 37.0 Å². The summed E-state index contributed by atoms with van der Waals surface area (Å²) in [4.78, 5) is 4.48. The second-order valence-electron chi connectivity index (χ2n) is 12.1. The number of fused-ring (bicyclic) bond motifs is 2. The summed E-state index contributed by atoms with van der Waals surface area (Å²) in [6, 6.07) is 18.5. The third-order valence-corrected chi connectivity index (χ3v) is 7.10. The molecule has 1 aliphatic heterocycles. The number of benzene rings is 2. The summed E-state index contributed by atoms with van der Waals surface area (Å²) < 4.78 is 0. The second kappa shape index (κ2) is 14.6. The first-order valence-electron chi connectivity index (χ1n) is 13.0. The van der Waals surface area contributed by atoms with E-state index in [2.05, 4.69) is 133 Å². The van der Waals surface area contributed by atoms with Gasteiger partial charge in [0.1, 0.15) is 0 Å². The molecule has 1 heterocycles. The van der Waals surface area contributed by atoms with Crippen molar-refractivity contribution in [2.75, 3.05) is 0 Å². The van der Waals surface area contributed by atoms with Gasteiger partial charge in [0.25, 0.3) is 0 Å². The Balaban J connectivity index is 0.000000290. The minimum absolute atomic E-state index is 0. The van der Waals surface area contributed by atoms with Gasteiger partial charge in [0.2, 0.25) is 0 Å². The topological polar surface area (TPSA) is 35.4 Å². The van der Waals surface area contributed by atoms with Crippen molar-refractivity contribution in [3.05, 3.63) is 107 Å². The molecule has 0 bridgehead atoms. The molecule has 2 aliphatic rings. The largest absolute Gasteiger partial charge is 3.00 e. The van der Waals surface area contributed by atoms with Crippen LogP contribution in [0, 0.1) is 6.92 Å². The molecule has 1 radical (unpaired) electrons. The number of rotatable bonds is 1. The summed E-state index contributed by atoms with van der Waals surface area (Å²) in [5.74, 6) is 0.149. The van der Waals surface area contributed by atoms with Crippen molar-refractivity contribution in [3.63, 3.8) is 0 Å². The minimum atomic E-state index is -0.300. The third kappa shape index (κ3) is 10.2. The van der Waals surface area contributed by atoms with E-state index in [1.165, 1.54) is 27.5 Å². The zero-order valence-electron chi connectivity index (χ0n) is 24.8. The van der Waals surface area contributed by atoms with E-state index in [1.54, 1.807) is 6.07 Å². The minimum Gasteiger partial charge on any atom is -1.00 e. The Morgan fingerprint density at radius 1 is 0.923 bits per heavy atom. The van der Waals surface area contributed by atoms with E-state index in [4.69, 9.17) is 0 Å². The molecule has 0 saturated carbocycles. The SMILES string of the molecule is CC(C)(C)c1ccc([O-])c(C(C)(C)C)c1.C[Si](C)=CC1=NC2=CC=CC2=C1.Cc1cc2ccccc2[cH-]1.[Cl-].[Zr+3]. The van der Waals surface area contributed by atoms with Crippen LogP contribution in [0.3, 0.4) is 0 Å². The van der Waals surface area contributed by atoms with Gasteiger partial charge in [0.15, 0.2) is 0 Å². The molecule has 39 heavy (non-hydrogen) atoms. The number of aryl methyl sites for hydroxylation is 1.